The van der Waals surface area contributed by atoms with Gasteiger partial charge in [0.2, 0.25) is 0 Å². The SMILES string of the molecule is CSc1ccc2nc(Nc3cc(C)ccc3C)sc2c1. The molecule has 1 aromatic heterocycles. The third-order valence-electron chi connectivity index (χ3n) is 3.23. The zero-order valence-electron chi connectivity index (χ0n) is 11.7. The average molecular weight is 300 g/mol. The number of anilines is 2. The lowest BCUT2D eigenvalue weighted by Crippen LogP contribution is -1.92. The molecule has 0 saturated heterocycles. The summed E-state index contributed by atoms with van der Waals surface area (Å²) in [6, 6.07) is 12.8. The van der Waals surface area contributed by atoms with Gasteiger partial charge in [0, 0.05) is 10.6 Å². The van der Waals surface area contributed by atoms with Gasteiger partial charge in [0.25, 0.3) is 0 Å². The van der Waals surface area contributed by atoms with Gasteiger partial charge in [-0.05, 0) is 55.5 Å². The predicted octanol–water partition coefficient (Wildman–Crippen LogP) is 5.38. The van der Waals surface area contributed by atoms with E-state index in [4.69, 9.17) is 0 Å². The Balaban J connectivity index is 1.96. The number of thiazole rings is 1. The largest absolute Gasteiger partial charge is 0.331 e. The minimum absolute atomic E-state index is 0.951. The molecule has 0 unspecified atom stereocenters. The Bertz CT molecular complexity index is 762. The van der Waals surface area contributed by atoms with Crippen molar-refractivity contribution in [2.45, 2.75) is 18.7 Å². The first-order chi connectivity index (χ1) is 9.65. The molecule has 0 radical (unpaired) electrons. The van der Waals surface area contributed by atoms with Crippen molar-refractivity contribution in [3.63, 3.8) is 0 Å². The average Bonchev–Trinajstić information content (AvgIpc) is 2.84. The Kier molecular flexibility index (Phi) is 3.68. The van der Waals surface area contributed by atoms with Crippen LogP contribution in [0.5, 0.6) is 0 Å². The molecule has 0 aliphatic carbocycles. The molecule has 0 aliphatic heterocycles. The number of benzene rings is 2. The van der Waals surface area contributed by atoms with Crippen molar-refractivity contribution in [1.29, 1.82) is 0 Å². The van der Waals surface area contributed by atoms with Crippen LogP contribution in [0.1, 0.15) is 11.1 Å². The van der Waals surface area contributed by atoms with E-state index in [1.165, 1.54) is 20.7 Å². The molecule has 0 aliphatic rings. The first kappa shape index (κ1) is 13.5. The van der Waals surface area contributed by atoms with Crippen LogP contribution in [0.4, 0.5) is 10.8 Å². The highest BCUT2D eigenvalue weighted by Crippen LogP contribution is 2.31. The molecule has 1 heterocycles. The molecule has 0 saturated carbocycles. The van der Waals surface area contributed by atoms with Gasteiger partial charge in [-0.25, -0.2) is 4.98 Å². The summed E-state index contributed by atoms with van der Waals surface area (Å²) in [6.07, 6.45) is 2.09. The Labute approximate surface area is 127 Å². The molecule has 0 atom stereocenters. The summed E-state index contributed by atoms with van der Waals surface area (Å²) < 4.78 is 1.23. The maximum absolute atomic E-state index is 4.65. The van der Waals surface area contributed by atoms with Crippen molar-refractivity contribution in [1.82, 2.24) is 4.98 Å². The summed E-state index contributed by atoms with van der Waals surface area (Å²) in [7, 11) is 0. The minimum Gasteiger partial charge on any atom is -0.331 e. The van der Waals surface area contributed by atoms with E-state index in [0.29, 0.717) is 0 Å². The monoisotopic (exact) mass is 300 g/mol. The number of aryl methyl sites for hydroxylation is 2. The van der Waals surface area contributed by atoms with Crippen LogP contribution in [-0.4, -0.2) is 11.2 Å². The predicted molar refractivity (Wildman–Crippen MR) is 90.6 cm³/mol. The van der Waals surface area contributed by atoms with Crippen LogP contribution < -0.4 is 5.32 Å². The summed E-state index contributed by atoms with van der Waals surface area (Å²) in [4.78, 5) is 5.93. The first-order valence-electron chi connectivity index (χ1n) is 6.44. The fraction of sp³-hybridized carbons (Fsp3) is 0.188. The quantitative estimate of drug-likeness (QED) is 0.657. The molecule has 0 bridgehead atoms. The molecule has 3 aromatic rings. The molecule has 1 N–H and O–H groups in total. The third-order valence-corrected chi connectivity index (χ3v) is 4.89. The summed E-state index contributed by atoms with van der Waals surface area (Å²) in [6.45, 7) is 4.22. The second-order valence-electron chi connectivity index (χ2n) is 4.80. The van der Waals surface area contributed by atoms with E-state index in [2.05, 4.69) is 66.8 Å². The van der Waals surface area contributed by atoms with E-state index in [1.807, 2.05) is 0 Å². The van der Waals surface area contributed by atoms with Crippen LogP contribution in [0.3, 0.4) is 0 Å². The number of thioether (sulfide) groups is 1. The van der Waals surface area contributed by atoms with Gasteiger partial charge in [-0.1, -0.05) is 23.5 Å². The number of aromatic nitrogens is 1. The van der Waals surface area contributed by atoms with E-state index in [-0.39, 0.29) is 0 Å². The van der Waals surface area contributed by atoms with Crippen LogP contribution in [0.15, 0.2) is 41.3 Å². The molecule has 0 spiro atoms. The topological polar surface area (TPSA) is 24.9 Å². The lowest BCUT2D eigenvalue weighted by molar-refractivity contribution is 1.36. The lowest BCUT2D eigenvalue weighted by Gasteiger charge is -2.07. The molecule has 0 amide bonds. The summed E-state index contributed by atoms with van der Waals surface area (Å²) in [5.41, 5.74) is 4.68. The van der Waals surface area contributed by atoms with Gasteiger partial charge >= 0.3 is 0 Å². The van der Waals surface area contributed by atoms with Gasteiger partial charge in [-0.3, -0.25) is 0 Å². The minimum atomic E-state index is 0.951. The fourth-order valence-electron chi connectivity index (χ4n) is 2.07. The number of rotatable bonds is 3. The van der Waals surface area contributed by atoms with E-state index in [9.17, 15) is 0 Å². The van der Waals surface area contributed by atoms with Gasteiger partial charge in [0.15, 0.2) is 5.13 Å². The van der Waals surface area contributed by atoms with E-state index < -0.39 is 0 Å². The fourth-order valence-corrected chi connectivity index (χ4v) is 3.50. The highest BCUT2D eigenvalue weighted by molar-refractivity contribution is 7.98. The Hall–Kier alpha value is -1.52. The summed E-state index contributed by atoms with van der Waals surface area (Å²) in [5.74, 6) is 0. The van der Waals surface area contributed by atoms with Crippen molar-refractivity contribution >= 4 is 44.1 Å². The molecule has 2 nitrogen and oxygen atoms in total. The molecule has 102 valence electrons. The van der Waals surface area contributed by atoms with E-state index in [0.717, 1.165) is 16.3 Å². The third kappa shape index (κ3) is 2.67. The number of hydrogen-bond acceptors (Lipinski definition) is 4. The van der Waals surface area contributed by atoms with Crippen molar-refractivity contribution in [2.75, 3.05) is 11.6 Å². The van der Waals surface area contributed by atoms with Crippen molar-refractivity contribution in [3.8, 4) is 0 Å². The van der Waals surface area contributed by atoms with Gasteiger partial charge in [0.1, 0.15) is 0 Å². The smallest absolute Gasteiger partial charge is 0.188 e. The van der Waals surface area contributed by atoms with Crippen molar-refractivity contribution < 1.29 is 0 Å². The van der Waals surface area contributed by atoms with Gasteiger partial charge in [0.05, 0.1) is 10.2 Å². The van der Waals surface area contributed by atoms with Crippen LogP contribution >= 0.6 is 23.1 Å². The van der Waals surface area contributed by atoms with Crippen molar-refractivity contribution in [3.05, 3.63) is 47.5 Å². The normalized spacial score (nSPS) is 10.9. The second-order valence-corrected chi connectivity index (χ2v) is 6.71. The number of nitrogens with one attached hydrogen (secondary N) is 1. The molecular weight excluding hydrogens is 284 g/mol. The maximum Gasteiger partial charge on any atom is 0.188 e. The number of fused-ring (bicyclic) bond motifs is 1. The van der Waals surface area contributed by atoms with Gasteiger partial charge in [-0.2, -0.15) is 0 Å². The van der Waals surface area contributed by atoms with E-state index >= 15 is 0 Å². The standard InChI is InChI=1S/C16H16N2S2/c1-10-4-5-11(2)14(8-10)18-16-17-13-7-6-12(19-3)9-15(13)20-16/h4-9H,1-3H3,(H,17,18). The van der Waals surface area contributed by atoms with Crippen LogP contribution in [0.25, 0.3) is 10.2 Å². The summed E-state index contributed by atoms with van der Waals surface area (Å²) in [5, 5.41) is 4.39. The number of hydrogen-bond donors (Lipinski definition) is 1. The Morgan fingerprint density at radius 1 is 1.10 bits per heavy atom. The van der Waals surface area contributed by atoms with Crippen LogP contribution in [0.2, 0.25) is 0 Å². The van der Waals surface area contributed by atoms with Gasteiger partial charge in [-0.15, -0.1) is 11.8 Å². The molecule has 0 fully saturated rings. The maximum atomic E-state index is 4.65. The first-order valence-corrected chi connectivity index (χ1v) is 8.49. The Morgan fingerprint density at radius 3 is 2.75 bits per heavy atom. The zero-order chi connectivity index (χ0) is 14.1. The van der Waals surface area contributed by atoms with Crippen LogP contribution in [-0.2, 0) is 0 Å². The highest BCUT2D eigenvalue weighted by Gasteiger charge is 2.06. The molecule has 4 heteroatoms. The Morgan fingerprint density at radius 2 is 1.95 bits per heavy atom. The zero-order valence-corrected chi connectivity index (χ0v) is 13.4. The van der Waals surface area contributed by atoms with Crippen molar-refractivity contribution in [2.24, 2.45) is 0 Å². The summed E-state index contributed by atoms with van der Waals surface area (Å²) >= 11 is 3.46. The van der Waals surface area contributed by atoms with E-state index in [1.54, 1.807) is 23.1 Å². The molecule has 3 rings (SSSR count). The molecule has 20 heavy (non-hydrogen) atoms. The molecular formula is C16H16N2S2. The van der Waals surface area contributed by atoms with Crippen LogP contribution in [0, 0.1) is 13.8 Å². The lowest BCUT2D eigenvalue weighted by atomic mass is 10.1. The second kappa shape index (κ2) is 5.46. The van der Waals surface area contributed by atoms with Gasteiger partial charge < -0.3 is 5.32 Å². The molecule has 2 aromatic carbocycles. The number of nitrogens with zero attached hydrogens (tertiary/aromatic N) is 1. The highest BCUT2D eigenvalue weighted by atomic mass is 32.2.